The lowest BCUT2D eigenvalue weighted by molar-refractivity contribution is 0.450. The number of nitrogens with one attached hydrogen (secondary N) is 2. The van der Waals surface area contributed by atoms with Crippen molar-refractivity contribution >= 4 is 24.4 Å². The standard InChI is InChI=1S/C15H21N5/c1-3-11-8-17-9-12(11)14(10-16-2)20-7-6-19-15-13(20)4-5-18-15/h4-6,10-12,17-18H,2-3,7-9H2,1H3/b14-10-/t11-,12+/m1/s1. The monoisotopic (exact) mass is 271 g/mol. The van der Waals surface area contributed by atoms with Gasteiger partial charge in [-0.3, -0.25) is 4.99 Å². The van der Waals surface area contributed by atoms with Crippen LogP contribution in [0.5, 0.6) is 0 Å². The number of aliphatic imine (C=N–C) groups is 2. The second-order valence-electron chi connectivity index (χ2n) is 5.30. The lowest BCUT2D eigenvalue weighted by atomic mass is 9.90. The summed E-state index contributed by atoms with van der Waals surface area (Å²) in [5.74, 6) is 2.06. The molecule has 2 atom stereocenters. The third-order valence-corrected chi connectivity index (χ3v) is 4.26. The molecule has 2 N–H and O–H groups in total. The fourth-order valence-electron chi connectivity index (χ4n) is 3.20. The maximum absolute atomic E-state index is 4.40. The van der Waals surface area contributed by atoms with Gasteiger partial charge >= 0.3 is 0 Å². The van der Waals surface area contributed by atoms with Gasteiger partial charge in [0, 0.05) is 36.8 Å². The van der Waals surface area contributed by atoms with Crippen molar-refractivity contribution in [3.8, 4) is 0 Å². The largest absolute Gasteiger partial charge is 0.345 e. The van der Waals surface area contributed by atoms with Crippen molar-refractivity contribution in [2.24, 2.45) is 21.8 Å². The van der Waals surface area contributed by atoms with Gasteiger partial charge in [-0.2, -0.15) is 0 Å². The van der Waals surface area contributed by atoms with Gasteiger partial charge in [-0.25, -0.2) is 4.99 Å². The van der Waals surface area contributed by atoms with Crippen molar-refractivity contribution < 1.29 is 0 Å². The van der Waals surface area contributed by atoms with E-state index in [1.807, 2.05) is 18.6 Å². The molecular weight excluding hydrogens is 250 g/mol. The number of nitrogens with zero attached hydrogens (tertiary/aromatic N) is 3. The molecule has 0 unspecified atom stereocenters. The van der Waals surface area contributed by atoms with Gasteiger partial charge in [-0.1, -0.05) is 13.3 Å². The molecule has 0 amide bonds. The number of H-pyrrole nitrogens is 1. The molecule has 0 aromatic carbocycles. The minimum Gasteiger partial charge on any atom is -0.345 e. The molecule has 106 valence electrons. The van der Waals surface area contributed by atoms with Crippen LogP contribution in [-0.2, 0) is 0 Å². The topological polar surface area (TPSA) is 55.8 Å². The first-order valence-electron chi connectivity index (χ1n) is 7.19. The number of aromatic nitrogens is 1. The van der Waals surface area contributed by atoms with E-state index < -0.39 is 0 Å². The quantitative estimate of drug-likeness (QED) is 0.826. The van der Waals surface area contributed by atoms with Crippen LogP contribution in [0, 0.1) is 11.8 Å². The molecule has 0 bridgehead atoms. The lowest BCUT2D eigenvalue weighted by Gasteiger charge is -2.32. The van der Waals surface area contributed by atoms with Gasteiger partial charge in [0.05, 0.1) is 12.2 Å². The smallest absolute Gasteiger partial charge is 0.153 e. The summed E-state index contributed by atoms with van der Waals surface area (Å²) in [6, 6.07) is 2.08. The van der Waals surface area contributed by atoms with Crippen LogP contribution in [0.2, 0.25) is 0 Å². The molecule has 2 aliphatic rings. The summed E-state index contributed by atoms with van der Waals surface area (Å²) in [6.45, 7) is 8.78. The van der Waals surface area contributed by atoms with Crippen molar-refractivity contribution in [3.63, 3.8) is 0 Å². The van der Waals surface area contributed by atoms with Gasteiger partial charge in [0.25, 0.3) is 0 Å². The first-order chi connectivity index (χ1) is 9.85. The van der Waals surface area contributed by atoms with Gasteiger partial charge in [0.1, 0.15) is 0 Å². The highest BCUT2D eigenvalue weighted by Gasteiger charge is 2.33. The number of hydrogen-bond donors (Lipinski definition) is 2. The highest BCUT2D eigenvalue weighted by Crippen LogP contribution is 2.37. The minimum atomic E-state index is 0.486. The Kier molecular flexibility index (Phi) is 3.69. The van der Waals surface area contributed by atoms with Crippen molar-refractivity contribution in [2.45, 2.75) is 13.3 Å². The lowest BCUT2D eigenvalue weighted by Crippen LogP contribution is -2.33. The Bertz CT molecular complexity index is 542. The molecule has 1 aromatic heterocycles. The van der Waals surface area contributed by atoms with E-state index in [2.05, 4.69) is 44.9 Å². The summed E-state index contributed by atoms with van der Waals surface area (Å²) in [4.78, 5) is 13.9. The van der Waals surface area contributed by atoms with Crippen LogP contribution in [0.25, 0.3) is 0 Å². The van der Waals surface area contributed by atoms with E-state index in [1.54, 1.807) is 0 Å². The molecule has 0 saturated carbocycles. The molecule has 20 heavy (non-hydrogen) atoms. The molecule has 5 heteroatoms. The number of fused-ring (bicyclic) bond motifs is 1. The average molecular weight is 271 g/mol. The molecule has 1 aromatic rings. The van der Waals surface area contributed by atoms with Crippen LogP contribution in [0.4, 0.5) is 11.5 Å². The fourth-order valence-corrected chi connectivity index (χ4v) is 3.20. The third kappa shape index (κ3) is 2.18. The van der Waals surface area contributed by atoms with E-state index in [0.717, 1.165) is 31.1 Å². The van der Waals surface area contributed by atoms with Crippen LogP contribution in [0.3, 0.4) is 0 Å². The number of hydrogen-bond acceptors (Lipinski definition) is 4. The van der Waals surface area contributed by atoms with Crippen molar-refractivity contribution in [1.29, 1.82) is 0 Å². The van der Waals surface area contributed by atoms with E-state index in [9.17, 15) is 0 Å². The van der Waals surface area contributed by atoms with E-state index in [1.165, 1.54) is 12.1 Å². The Morgan fingerprint density at radius 2 is 2.50 bits per heavy atom. The molecule has 0 spiro atoms. The highest BCUT2D eigenvalue weighted by atomic mass is 15.2. The molecule has 5 nitrogen and oxygen atoms in total. The molecule has 2 aliphatic heterocycles. The predicted octanol–water partition coefficient (Wildman–Crippen LogP) is 2.32. The molecule has 0 aliphatic carbocycles. The zero-order valence-electron chi connectivity index (χ0n) is 11.8. The second-order valence-corrected chi connectivity index (χ2v) is 5.30. The van der Waals surface area contributed by atoms with Crippen LogP contribution in [0.15, 0.2) is 34.1 Å². The van der Waals surface area contributed by atoms with Crippen LogP contribution >= 0.6 is 0 Å². The van der Waals surface area contributed by atoms with Crippen molar-refractivity contribution in [3.05, 3.63) is 24.2 Å². The molecule has 3 rings (SSSR count). The van der Waals surface area contributed by atoms with E-state index in [0.29, 0.717) is 11.8 Å². The summed E-state index contributed by atoms with van der Waals surface area (Å²) >= 11 is 0. The second kappa shape index (κ2) is 5.63. The summed E-state index contributed by atoms with van der Waals surface area (Å²) < 4.78 is 0. The maximum Gasteiger partial charge on any atom is 0.153 e. The van der Waals surface area contributed by atoms with E-state index in [4.69, 9.17) is 0 Å². The molecule has 1 saturated heterocycles. The Labute approximate surface area is 119 Å². The number of rotatable bonds is 4. The Morgan fingerprint density at radius 1 is 1.60 bits per heavy atom. The molecule has 0 radical (unpaired) electrons. The van der Waals surface area contributed by atoms with E-state index >= 15 is 0 Å². The maximum atomic E-state index is 4.40. The molecule has 1 fully saturated rings. The third-order valence-electron chi connectivity index (χ3n) is 4.26. The normalized spacial score (nSPS) is 25.9. The van der Waals surface area contributed by atoms with Gasteiger partial charge in [0.2, 0.25) is 0 Å². The summed E-state index contributed by atoms with van der Waals surface area (Å²) in [5, 5.41) is 3.50. The number of aromatic amines is 1. The van der Waals surface area contributed by atoms with Crippen LogP contribution in [-0.4, -0.2) is 37.6 Å². The Balaban J connectivity index is 1.94. The fraction of sp³-hybridized carbons (Fsp3) is 0.467. The summed E-state index contributed by atoms with van der Waals surface area (Å²) in [6.07, 6.45) is 6.97. The van der Waals surface area contributed by atoms with Crippen molar-refractivity contribution in [2.75, 3.05) is 24.5 Å². The predicted molar refractivity (Wildman–Crippen MR) is 84.1 cm³/mol. The molecular formula is C15H21N5. The Hall–Kier alpha value is -1.88. The van der Waals surface area contributed by atoms with Gasteiger partial charge in [0.15, 0.2) is 5.82 Å². The van der Waals surface area contributed by atoms with E-state index in [-0.39, 0.29) is 0 Å². The first kappa shape index (κ1) is 13.1. The summed E-state index contributed by atoms with van der Waals surface area (Å²) in [7, 11) is 0. The van der Waals surface area contributed by atoms with Crippen LogP contribution < -0.4 is 10.2 Å². The molecule has 3 heterocycles. The van der Waals surface area contributed by atoms with Gasteiger partial charge < -0.3 is 15.2 Å². The van der Waals surface area contributed by atoms with Crippen LogP contribution in [0.1, 0.15) is 13.3 Å². The van der Waals surface area contributed by atoms with Gasteiger partial charge in [-0.05, 0) is 25.2 Å². The minimum absolute atomic E-state index is 0.486. The SMILES string of the molecule is C=N/C=C(/[C@H]1CNC[C@H]1CC)N1CC=Nc2[nH]ccc21. The summed E-state index contributed by atoms with van der Waals surface area (Å²) in [5.41, 5.74) is 2.37. The average Bonchev–Trinajstić information content (AvgIpc) is 3.12. The van der Waals surface area contributed by atoms with Gasteiger partial charge in [-0.15, -0.1) is 0 Å². The highest BCUT2D eigenvalue weighted by molar-refractivity contribution is 5.81. The number of anilines is 1. The zero-order chi connectivity index (χ0) is 13.9. The zero-order valence-corrected chi connectivity index (χ0v) is 11.8. The van der Waals surface area contributed by atoms with Crippen molar-refractivity contribution in [1.82, 2.24) is 10.3 Å². The Morgan fingerprint density at radius 3 is 3.30 bits per heavy atom. The first-order valence-corrected chi connectivity index (χ1v) is 7.19.